The molecule has 0 aliphatic heterocycles. The van der Waals surface area contributed by atoms with Crippen molar-refractivity contribution in [2.45, 2.75) is 11.8 Å². The maximum atomic E-state index is 12.1. The number of benzene rings is 3. The number of nitrogens with one attached hydrogen (secondary N) is 1. The Labute approximate surface area is 180 Å². The molecule has 0 fully saturated rings. The molecule has 31 heavy (non-hydrogen) atoms. The van der Waals surface area contributed by atoms with Crippen LogP contribution in [0.3, 0.4) is 0 Å². The van der Waals surface area contributed by atoms with E-state index in [2.05, 4.69) is 15.5 Å². The van der Waals surface area contributed by atoms with E-state index in [1.807, 2.05) is 42.5 Å². The molecular weight excluding hydrogens is 420 g/mol. The van der Waals surface area contributed by atoms with Gasteiger partial charge in [0.2, 0.25) is 5.91 Å². The van der Waals surface area contributed by atoms with Crippen molar-refractivity contribution < 1.29 is 18.9 Å². The molecule has 0 spiro atoms. The average molecular weight is 436 g/mol. The summed E-state index contributed by atoms with van der Waals surface area (Å²) in [6.45, 7) is 0.0873. The SMILES string of the molecule is O=C(CSc1nnc(COc2cccc3ccccc23)o1)Nc1ccccc1[N+](=O)[O-]. The van der Waals surface area contributed by atoms with Crippen LogP contribution in [0.25, 0.3) is 10.8 Å². The number of hydrogen-bond donors (Lipinski definition) is 1. The predicted octanol–water partition coefficient (Wildman–Crippen LogP) is 4.44. The summed E-state index contributed by atoms with van der Waals surface area (Å²) in [4.78, 5) is 22.6. The van der Waals surface area contributed by atoms with Gasteiger partial charge in [-0.15, -0.1) is 10.2 Å². The lowest BCUT2D eigenvalue weighted by Gasteiger charge is -2.07. The van der Waals surface area contributed by atoms with E-state index in [1.165, 1.54) is 18.2 Å². The molecule has 9 nitrogen and oxygen atoms in total. The topological polar surface area (TPSA) is 120 Å². The van der Waals surface area contributed by atoms with E-state index in [-0.39, 0.29) is 34.8 Å². The molecule has 1 aromatic heterocycles. The van der Waals surface area contributed by atoms with Gasteiger partial charge < -0.3 is 14.5 Å². The summed E-state index contributed by atoms with van der Waals surface area (Å²) in [5.74, 6) is 0.507. The fourth-order valence-electron chi connectivity index (χ4n) is 2.87. The summed E-state index contributed by atoms with van der Waals surface area (Å²) in [5, 5.41) is 23.6. The molecule has 0 unspecified atom stereocenters. The maximum Gasteiger partial charge on any atom is 0.292 e. The molecule has 1 amide bonds. The van der Waals surface area contributed by atoms with E-state index in [1.54, 1.807) is 6.07 Å². The second kappa shape index (κ2) is 9.26. The lowest BCUT2D eigenvalue weighted by atomic mass is 10.1. The van der Waals surface area contributed by atoms with E-state index < -0.39 is 10.8 Å². The highest BCUT2D eigenvalue weighted by Gasteiger charge is 2.16. The summed E-state index contributed by atoms with van der Waals surface area (Å²) < 4.78 is 11.3. The minimum atomic E-state index is -0.553. The summed E-state index contributed by atoms with van der Waals surface area (Å²) in [6.07, 6.45) is 0. The maximum absolute atomic E-state index is 12.1. The number of nitro groups is 1. The minimum Gasteiger partial charge on any atom is -0.483 e. The molecule has 1 heterocycles. The number of thioether (sulfide) groups is 1. The number of amides is 1. The van der Waals surface area contributed by atoms with Gasteiger partial charge in [-0.05, 0) is 17.5 Å². The first-order chi connectivity index (χ1) is 15.1. The first-order valence-corrected chi connectivity index (χ1v) is 10.2. The standard InChI is InChI=1S/C21H16N4O5S/c26-19(22-16-9-3-4-10-17(16)25(27)28)13-31-21-24-23-20(30-21)12-29-18-11-5-7-14-6-1-2-8-15(14)18/h1-11H,12-13H2,(H,22,26). The van der Waals surface area contributed by atoms with Gasteiger partial charge in [0.25, 0.3) is 16.8 Å². The Balaban J connectivity index is 1.32. The number of para-hydroxylation sites is 2. The molecule has 3 aromatic carbocycles. The molecule has 156 valence electrons. The van der Waals surface area contributed by atoms with Gasteiger partial charge in [-0.1, -0.05) is 60.3 Å². The van der Waals surface area contributed by atoms with Crippen LogP contribution in [-0.4, -0.2) is 26.8 Å². The highest BCUT2D eigenvalue weighted by Crippen LogP contribution is 2.27. The van der Waals surface area contributed by atoms with Crippen molar-refractivity contribution >= 4 is 39.8 Å². The van der Waals surface area contributed by atoms with Gasteiger partial charge in [-0.2, -0.15) is 0 Å². The van der Waals surface area contributed by atoms with Crippen molar-refractivity contribution in [1.82, 2.24) is 10.2 Å². The molecule has 0 aliphatic rings. The number of aromatic nitrogens is 2. The third-order valence-corrected chi connectivity index (χ3v) is 5.07. The second-order valence-corrected chi connectivity index (χ2v) is 7.27. The van der Waals surface area contributed by atoms with Crippen molar-refractivity contribution in [2.75, 3.05) is 11.1 Å². The smallest absolute Gasteiger partial charge is 0.292 e. The van der Waals surface area contributed by atoms with E-state index in [0.717, 1.165) is 22.5 Å². The first-order valence-electron chi connectivity index (χ1n) is 9.19. The summed E-state index contributed by atoms with van der Waals surface area (Å²) >= 11 is 1.03. The van der Waals surface area contributed by atoms with E-state index in [0.29, 0.717) is 5.75 Å². The number of fused-ring (bicyclic) bond motifs is 1. The first kappa shape index (κ1) is 20.4. The van der Waals surface area contributed by atoms with Crippen LogP contribution in [0.4, 0.5) is 11.4 Å². The zero-order valence-electron chi connectivity index (χ0n) is 16.1. The van der Waals surface area contributed by atoms with Gasteiger partial charge in [0.05, 0.1) is 10.7 Å². The highest BCUT2D eigenvalue weighted by atomic mass is 32.2. The Morgan fingerprint density at radius 3 is 2.71 bits per heavy atom. The number of anilines is 1. The highest BCUT2D eigenvalue weighted by molar-refractivity contribution is 7.99. The zero-order valence-corrected chi connectivity index (χ0v) is 16.9. The third kappa shape index (κ3) is 4.98. The molecule has 10 heteroatoms. The lowest BCUT2D eigenvalue weighted by molar-refractivity contribution is -0.383. The Morgan fingerprint density at radius 2 is 1.84 bits per heavy atom. The Morgan fingerprint density at radius 1 is 1.06 bits per heavy atom. The van der Waals surface area contributed by atoms with Gasteiger partial charge in [0.1, 0.15) is 11.4 Å². The van der Waals surface area contributed by atoms with E-state index >= 15 is 0 Å². The van der Waals surface area contributed by atoms with Crippen LogP contribution in [0.5, 0.6) is 5.75 Å². The van der Waals surface area contributed by atoms with Crippen molar-refractivity contribution in [2.24, 2.45) is 0 Å². The monoisotopic (exact) mass is 436 g/mol. The molecule has 0 radical (unpaired) electrons. The second-order valence-electron chi connectivity index (χ2n) is 6.34. The van der Waals surface area contributed by atoms with Crippen LogP contribution in [0.2, 0.25) is 0 Å². The molecule has 0 aliphatic carbocycles. The van der Waals surface area contributed by atoms with Crippen molar-refractivity contribution in [3.63, 3.8) is 0 Å². The van der Waals surface area contributed by atoms with Crippen LogP contribution in [0.1, 0.15) is 5.89 Å². The molecule has 0 bridgehead atoms. The lowest BCUT2D eigenvalue weighted by Crippen LogP contribution is -2.15. The predicted molar refractivity (Wildman–Crippen MR) is 115 cm³/mol. The molecule has 4 aromatic rings. The number of carbonyl (C=O) groups is 1. The van der Waals surface area contributed by atoms with Gasteiger partial charge >= 0.3 is 0 Å². The fraction of sp³-hybridized carbons (Fsp3) is 0.0952. The van der Waals surface area contributed by atoms with Crippen molar-refractivity contribution in [3.8, 4) is 5.75 Å². The minimum absolute atomic E-state index is 0.0438. The number of rotatable bonds is 8. The summed E-state index contributed by atoms with van der Waals surface area (Å²) in [6, 6.07) is 19.6. The van der Waals surface area contributed by atoms with Crippen LogP contribution < -0.4 is 10.1 Å². The number of ether oxygens (including phenoxy) is 1. The van der Waals surface area contributed by atoms with Crippen LogP contribution in [0.15, 0.2) is 76.4 Å². The van der Waals surface area contributed by atoms with Crippen molar-refractivity contribution in [1.29, 1.82) is 0 Å². The molecule has 4 rings (SSSR count). The molecular formula is C21H16N4O5S. The molecule has 0 atom stereocenters. The molecule has 1 N–H and O–H groups in total. The fourth-order valence-corrected chi connectivity index (χ4v) is 3.45. The Bertz CT molecular complexity index is 1240. The normalized spacial score (nSPS) is 10.7. The zero-order chi connectivity index (χ0) is 21.6. The van der Waals surface area contributed by atoms with Crippen LogP contribution >= 0.6 is 11.8 Å². The molecule has 0 saturated heterocycles. The van der Waals surface area contributed by atoms with E-state index in [9.17, 15) is 14.9 Å². The van der Waals surface area contributed by atoms with Gasteiger partial charge in [0, 0.05) is 11.5 Å². The quantitative estimate of drug-likeness (QED) is 0.244. The van der Waals surface area contributed by atoms with Gasteiger partial charge in [-0.25, -0.2) is 0 Å². The Hall–Kier alpha value is -3.92. The number of nitrogens with zero attached hydrogens (tertiary/aromatic N) is 3. The average Bonchev–Trinajstić information content (AvgIpc) is 3.24. The van der Waals surface area contributed by atoms with E-state index in [4.69, 9.17) is 9.15 Å². The Kier molecular flexibility index (Phi) is 6.08. The van der Waals surface area contributed by atoms with Gasteiger partial charge in [-0.3, -0.25) is 14.9 Å². The number of hydrogen-bond acceptors (Lipinski definition) is 8. The largest absolute Gasteiger partial charge is 0.483 e. The summed E-state index contributed by atoms with van der Waals surface area (Å²) in [5.41, 5.74) is -0.0423. The van der Waals surface area contributed by atoms with Gasteiger partial charge in [0.15, 0.2) is 6.61 Å². The number of carbonyl (C=O) groups excluding carboxylic acids is 1. The summed E-state index contributed by atoms with van der Waals surface area (Å²) in [7, 11) is 0. The van der Waals surface area contributed by atoms with Crippen molar-refractivity contribution in [3.05, 3.63) is 82.7 Å². The number of nitro benzene ring substituents is 1. The van der Waals surface area contributed by atoms with Crippen LogP contribution in [-0.2, 0) is 11.4 Å². The molecule has 0 saturated carbocycles. The third-order valence-electron chi connectivity index (χ3n) is 4.25. The van der Waals surface area contributed by atoms with Crippen LogP contribution in [0, 0.1) is 10.1 Å².